The molecule has 4 heteroatoms. The first-order chi connectivity index (χ1) is 11.2. The monoisotopic (exact) mass is 306 g/mol. The molecule has 1 aromatic heterocycles. The van der Waals surface area contributed by atoms with Crippen molar-refractivity contribution in [1.82, 2.24) is 10.1 Å². The molecule has 2 aromatic carbocycles. The molecule has 0 saturated heterocycles. The van der Waals surface area contributed by atoms with E-state index in [1.807, 2.05) is 24.3 Å². The molecule has 116 valence electrons. The predicted octanol–water partition coefficient (Wildman–Crippen LogP) is 4.28. The van der Waals surface area contributed by atoms with Crippen LogP contribution in [0.3, 0.4) is 0 Å². The Balaban J connectivity index is 2.12. The van der Waals surface area contributed by atoms with Crippen LogP contribution in [0.5, 0.6) is 5.75 Å². The first-order valence-corrected chi connectivity index (χ1v) is 7.38. The highest BCUT2D eigenvalue weighted by Crippen LogP contribution is 2.27. The predicted molar refractivity (Wildman–Crippen MR) is 90.2 cm³/mol. The Bertz CT molecular complexity index is 836. The molecule has 0 saturated carbocycles. The van der Waals surface area contributed by atoms with Crippen LogP contribution in [0, 0.1) is 13.8 Å². The van der Waals surface area contributed by atoms with Gasteiger partial charge >= 0.3 is 0 Å². The quantitative estimate of drug-likeness (QED) is 0.675. The van der Waals surface area contributed by atoms with Crippen molar-refractivity contribution in [2.45, 2.75) is 13.8 Å². The van der Waals surface area contributed by atoms with Gasteiger partial charge in [-0.25, -0.2) is 0 Å². The second kappa shape index (κ2) is 6.48. The number of benzene rings is 2. The molecule has 0 aliphatic rings. The van der Waals surface area contributed by atoms with Crippen LogP contribution in [0.15, 0.2) is 53.3 Å². The lowest BCUT2D eigenvalue weighted by atomic mass is 10.00. The normalized spacial score (nSPS) is 11.5. The molecule has 1 heterocycles. The fourth-order valence-electron chi connectivity index (χ4n) is 2.37. The minimum atomic E-state index is 0.483. The van der Waals surface area contributed by atoms with Gasteiger partial charge in [0.2, 0.25) is 0 Å². The lowest BCUT2D eigenvalue weighted by Gasteiger charge is -2.07. The van der Waals surface area contributed by atoms with Gasteiger partial charge in [0, 0.05) is 5.57 Å². The van der Waals surface area contributed by atoms with Gasteiger partial charge in [-0.05, 0) is 54.3 Å². The van der Waals surface area contributed by atoms with Gasteiger partial charge in [-0.2, -0.15) is 4.98 Å². The summed E-state index contributed by atoms with van der Waals surface area (Å²) in [4.78, 5) is 4.20. The van der Waals surface area contributed by atoms with E-state index >= 15 is 0 Å². The summed E-state index contributed by atoms with van der Waals surface area (Å²) < 4.78 is 10.6. The average Bonchev–Trinajstić information content (AvgIpc) is 3.10. The second-order valence-corrected chi connectivity index (χ2v) is 5.38. The summed E-state index contributed by atoms with van der Waals surface area (Å²) >= 11 is 0. The SMILES string of the molecule is COc1cccc(/C(=C\c2ccc(C)c(C)c2)c2ncno2)c1. The lowest BCUT2D eigenvalue weighted by molar-refractivity contribution is 0.406. The van der Waals surface area contributed by atoms with Crippen molar-refractivity contribution in [2.75, 3.05) is 7.11 Å². The number of hydrogen-bond donors (Lipinski definition) is 0. The molecule has 0 aliphatic heterocycles. The van der Waals surface area contributed by atoms with Crippen LogP contribution in [0.2, 0.25) is 0 Å². The Labute approximate surface area is 135 Å². The summed E-state index contributed by atoms with van der Waals surface area (Å²) in [5.41, 5.74) is 5.43. The molecule has 0 bridgehead atoms. The van der Waals surface area contributed by atoms with E-state index in [0.717, 1.165) is 22.4 Å². The molecule has 0 fully saturated rings. The van der Waals surface area contributed by atoms with Gasteiger partial charge in [-0.1, -0.05) is 35.5 Å². The van der Waals surface area contributed by atoms with Gasteiger partial charge in [0.05, 0.1) is 7.11 Å². The van der Waals surface area contributed by atoms with Crippen molar-refractivity contribution in [3.8, 4) is 5.75 Å². The molecule has 0 atom stereocenters. The Morgan fingerprint density at radius 1 is 1.09 bits per heavy atom. The van der Waals surface area contributed by atoms with Crippen LogP contribution in [0.4, 0.5) is 0 Å². The number of ether oxygens (including phenoxy) is 1. The van der Waals surface area contributed by atoms with E-state index in [1.54, 1.807) is 7.11 Å². The van der Waals surface area contributed by atoms with Crippen LogP contribution in [-0.4, -0.2) is 17.3 Å². The maximum absolute atomic E-state index is 5.31. The summed E-state index contributed by atoms with van der Waals surface area (Å²) in [5, 5.41) is 3.73. The molecule has 3 aromatic rings. The van der Waals surface area contributed by atoms with Crippen molar-refractivity contribution in [3.63, 3.8) is 0 Å². The lowest BCUT2D eigenvalue weighted by Crippen LogP contribution is -1.91. The van der Waals surface area contributed by atoms with Crippen molar-refractivity contribution >= 4 is 11.6 Å². The van der Waals surface area contributed by atoms with Crippen molar-refractivity contribution in [3.05, 3.63) is 76.9 Å². The van der Waals surface area contributed by atoms with Crippen LogP contribution in [-0.2, 0) is 0 Å². The number of hydrogen-bond acceptors (Lipinski definition) is 4. The summed E-state index contributed by atoms with van der Waals surface area (Å²) in [6.45, 7) is 4.20. The fourth-order valence-corrected chi connectivity index (χ4v) is 2.37. The van der Waals surface area contributed by atoms with Crippen LogP contribution >= 0.6 is 0 Å². The zero-order valence-electron chi connectivity index (χ0n) is 13.4. The molecule has 0 unspecified atom stereocenters. The third kappa shape index (κ3) is 3.31. The van der Waals surface area contributed by atoms with Crippen LogP contribution in [0.1, 0.15) is 28.1 Å². The smallest absolute Gasteiger partial charge is 0.258 e. The number of aromatic nitrogens is 2. The van der Waals surface area contributed by atoms with Crippen LogP contribution in [0.25, 0.3) is 11.6 Å². The van der Waals surface area contributed by atoms with E-state index in [2.05, 4.69) is 48.3 Å². The number of rotatable bonds is 4. The highest BCUT2D eigenvalue weighted by atomic mass is 16.5. The molecule has 0 N–H and O–H groups in total. The molecule has 23 heavy (non-hydrogen) atoms. The molecule has 0 aliphatic carbocycles. The van der Waals surface area contributed by atoms with Crippen molar-refractivity contribution in [1.29, 1.82) is 0 Å². The summed E-state index contributed by atoms with van der Waals surface area (Å²) in [5.74, 6) is 1.27. The highest BCUT2D eigenvalue weighted by molar-refractivity contribution is 5.88. The third-order valence-electron chi connectivity index (χ3n) is 3.81. The summed E-state index contributed by atoms with van der Waals surface area (Å²) in [6, 6.07) is 14.1. The molecule has 0 spiro atoms. The molecular weight excluding hydrogens is 288 g/mol. The number of aryl methyl sites for hydroxylation is 2. The van der Waals surface area contributed by atoms with Crippen molar-refractivity contribution in [2.24, 2.45) is 0 Å². The molecule has 4 nitrogen and oxygen atoms in total. The zero-order chi connectivity index (χ0) is 16.2. The Kier molecular flexibility index (Phi) is 4.24. The first kappa shape index (κ1) is 15.0. The van der Waals surface area contributed by atoms with Gasteiger partial charge in [0.1, 0.15) is 5.75 Å². The van der Waals surface area contributed by atoms with Crippen LogP contribution < -0.4 is 4.74 Å². The molecule has 0 radical (unpaired) electrons. The maximum Gasteiger partial charge on any atom is 0.258 e. The van der Waals surface area contributed by atoms with E-state index < -0.39 is 0 Å². The molecular formula is C19H18N2O2. The summed E-state index contributed by atoms with van der Waals surface area (Å²) in [7, 11) is 1.65. The van der Waals surface area contributed by atoms with E-state index in [0.29, 0.717) is 5.89 Å². The first-order valence-electron chi connectivity index (χ1n) is 7.38. The molecule has 0 amide bonds. The molecule has 3 rings (SSSR count). The Hall–Kier alpha value is -2.88. The summed E-state index contributed by atoms with van der Waals surface area (Å²) in [6.07, 6.45) is 3.46. The van der Waals surface area contributed by atoms with Gasteiger partial charge in [-0.3, -0.25) is 0 Å². The van der Waals surface area contributed by atoms with Gasteiger partial charge in [0.25, 0.3) is 5.89 Å². The van der Waals surface area contributed by atoms with E-state index in [1.165, 1.54) is 17.5 Å². The van der Waals surface area contributed by atoms with Gasteiger partial charge in [-0.15, -0.1) is 0 Å². The largest absolute Gasteiger partial charge is 0.497 e. The number of methoxy groups -OCH3 is 1. The minimum absolute atomic E-state index is 0.483. The topological polar surface area (TPSA) is 48.2 Å². The fraction of sp³-hybridized carbons (Fsp3) is 0.158. The number of nitrogens with zero attached hydrogens (tertiary/aromatic N) is 2. The van der Waals surface area contributed by atoms with Gasteiger partial charge in [0.15, 0.2) is 6.33 Å². The second-order valence-electron chi connectivity index (χ2n) is 5.38. The average molecular weight is 306 g/mol. The standard InChI is InChI=1S/C19H18N2O2/c1-13-7-8-15(9-14(13)2)10-18(19-20-12-21-23-19)16-5-4-6-17(11-16)22-3/h4-12H,1-3H3/b18-10+. The van der Waals surface area contributed by atoms with Gasteiger partial charge < -0.3 is 9.26 Å². The minimum Gasteiger partial charge on any atom is -0.497 e. The van der Waals surface area contributed by atoms with E-state index in [-0.39, 0.29) is 0 Å². The highest BCUT2D eigenvalue weighted by Gasteiger charge is 2.12. The zero-order valence-corrected chi connectivity index (χ0v) is 13.4. The van der Waals surface area contributed by atoms with E-state index in [4.69, 9.17) is 9.26 Å². The maximum atomic E-state index is 5.31. The third-order valence-corrected chi connectivity index (χ3v) is 3.81. The Morgan fingerprint density at radius 2 is 1.96 bits per heavy atom. The van der Waals surface area contributed by atoms with E-state index in [9.17, 15) is 0 Å². The van der Waals surface area contributed by atoms with Crippen molar-refractivity contribution < 1.29 is 9.26 Å². The Morgan fingerprint density at radius 3 is 2.65 bits per heavy atom.